The van der Waals surface area contributed by atoms with Crippen molar-refractivity contribution in [3.8, 4) is 0 Å². The molecule has 0 amide bonds. The Labute approximate surface area is 125 Å². The predicted molar refractivity (Wildman–Crippen MR) is 53.5 cm³/mol. The van der Waals surface area contributed by atoms with Crippen molar-refractivity contribution >= 4 is 11.6 Å². The standard InChI is InChI=1S/C6H8.C5H8O2.2ClH.Ti/c1-6-4-2-3-5-6;1-4(6)3-5(2)7;;;/h2-4H,5H2,1H3;3H2,1-2H3;2*1H;/q;;;;+2/p-2. The van der Waals surface area contributed by atoms with Gasteiger partial charge < -0.3 is 24.8 Å². The Morgan fingerprint density at radius 3 is 1.69 bits per heavy atom. The van der Waals surface area contributed by atoms with Crippen molar-refractivity contribution in [2.45, 2.75) is 33.6 Å². The zero-order valence-corrected chi connectivity index (χ0v) is 12.8. The maximum absolute atomic E-state index is 10.0. The van der Waals surface area contributed by atoms with Crippen molar-refractivity contribution in [2.24, 2.45) is 0 Å². The van der Waals surface area contributed by atoms with Crippen LogP contribution in [0.25, 0.3) is 0 Å². The van der Waals surface area contributed by atoms with Gasteiger partial charge in [-0.1, -0.05) is 23.8 Å². The van der Waals surface area contributed by atoms with Crippen LogP contribution in [0.5, 0.6) is 0 Å². The number of hydrogen-bond acceptors (Lipinski definition) is 2. The summed E-state index contributed by atoms with van der Waals surface area (Å²) in [7, 11) is 0. The number of rotatable bonds is 2. The van der Waals surface area contributed by atoms with E-state index in [1.165, 1.54) is 25.8 Å². The van der Waals surface area contributed by atoms with Gasteiger partial charge in [0.25, 0.3) is 0 Å². The van der Waals surface area contributed by atoms with Crippen molar-refractivity contribution in [3.05, 3.63) is 23.8 Å². The summed E-state index contributed by atoms with van der Waals surface area (Å²) < 4.78 is 0. The van der Waals surface area contributed by atoms with Gasteiger partial charge in [-0.2, -0.15) is 0 Å². The van der Waals surface area contributed by atoms with Crippen LogP contribution in [0.3, 0.4) is 0 Å². The average Bonchev–Trinajstić information content (AvgIpc) is 2.37. The first kappa shape index (κ1) is 25.1. The van der Waals surface area contributed by atoms with Gasteiger partial charge in [0.15, 0.2) is 0 Å². The molecular formula is C11H16Cl2O2Ti. The van der Waals surface area contributed by atoms with Crippen molar-refractivity contribution in [2.75, 3.05) is 0 Å². The minimum atomic E-state index is -0.0625. The second-order valence-electron chi connectivity index (χ2n) is 3.23. The molecule has 1 rings (SSSR count). The Bertz CT molecular complexity index is 249. The van der Waals surface area contributed by atoms with Crippen LogP contribution in [0.15, 0.2) is 23.8 Å². The zero-order chi connectivity index (χ0) is 10.3. The average molecular weight is 299 g/mol. The molecule has 0 fully saturated rings. The van der Waals surface area contributed by atoms with E-state index in [-0.39, 0.29) is 64.5 Å². The van der Waals surface area contributed by atoms with Crippen molar-refractivity contribution < 1.29 is 56.1 Å². The van der Waals surface area contributed by atoms with E-state index in [0.717, 1.165) is 0 Å². The first-order valence-corrected chi connectivity index (χ1v) is 4.33. The fraction of sp³-hybridized carbons (Fsp3) is 0.455. The molecular weight excluding hydrogens is 283 g/mol. The fourth-order valence-corrected chi connectivity index (χ4v) is 0.905. The van der Waals surface area contributed by atoms with Crippen LogP contribution in [-0.4, -0.2) is 11.6 Å². The van der Waals surface area contributed by atoms with E-state index in [1.54, 1.807) is 0 Å². The zero-order valence-electron chi connectivity index (χ0n) is 9.72. The summed E-state index contributed by atoms with van der Waals surface area (Å²) in [6, 6.07) is 0. The van der Waals surface area contributed by atoms with Crippen molar-refractivity contribution in [1.29, 1.82) is 0 Å². The topological polar surface area (TPSA) is 34.1 Å². The van der Waals surface area contributed by atoms with Crippen LogP contribution < -0.4 is 24.8 Å². The summed E-state index contributed by atoms with van der Waals surface area (Å²) >= 11 is 0. The monoisotopic (exact) mass is 298 g/mol. The van der Waals surface area contributed by atoms with Crippen LogP contribution in [0.1, 0.15) is 33.6 Å². The van der Waals surface area contributed by atoms with Gasteiger partial charge in [0.2, 0.25) is 0 Å². The van der Waals surface area contributed by atoms with E-state index >= 15 is 0 Å². The number of hydrogen-bond donors (Lipinski definition) is 0. The summed E-state index contributed by atoms with van der Waals surface area (Å²) in [6.45, 7) is 4.95. The molecule has 2 nitrogen and oxygen atoms in total. The Kier molecular flexibility index (Phi) is 23.7. The maximum atomic E-state index is 10.0. The van der Waals surface area contributed by atoms with Crippen LogP contribution in [0, 0.1) is 0 Å². The molecule has 5 heteroatoms. The van der Waals surface area contributed by atoms with E-state index in [4.69, 9.17) is 0 Å². The van der Waals surface area contributed by atoms with Crippen LogP contribution in [-0.2, 0) is 31.3 Å². The molecule has 0 bridgehead atoms. The number of allylic oxidation sites excluding steroid dienone is 4. The molecule has 0 aromatic heterocycles. The van der Waals surface area contributed by atoms with Gasteiger partial charge in [0.05, 0.1) is 6.42 Å². The molecule has 0 unspecified atom stereocenters. The number of ketones is 2. The van der Waals surface area contributed by atoms with Crippen LogP contribution >= 0.6 is 0 Å². The Morgan fingerprint density at radius 2 is 1.62 bits per heavy atom. The minimum Gasteiger partial charge on any atom is -1.00 e. The fourth-order valence-electron chi connectivity index (χ4n) is 0.905. The van der Waals surface area contributed by atoms with Gasteiger partial charge in [0, 0.05) is 0 Å². The normalized spacial score (nSPS) is 10.6. The van der Waals surface area contributed by atoms with E-state index in [0.29, 0.717) is 0 Å². The number of carbonyl (C=O) groups excluding carboxylic acids is 2. The molecule has 0 spiro atoms. The Balaban J connectivity index is -0.0000000760. The molecule has 0 N–H and O–H groups in total. The van der Waals surface area contributed by atoms with E-state index in [9.17, 15) is 9.59 Å². The third kappa shape index (κ3) is 19.7. The number of Topliss-reactive ketones (excluding diaryl/α,β-unsaturated/α-hetero) is 2. The summed E-state index contributed by atoms with van der Waals surface area (Å²) in [6.07, 6.45) is 7.64. The molecule has 0 saturated carbocycles. The maximum Gasteiger partial charge on any atom is 2.00 e. The van der Waals surface area contributed by atoms with Crippen LogP contribution in [0.4, 0.5) is 0 Å². The first-order valence-electron chi connectivity index (χ1n) is 4.33. The minimum absolute atomic E-state index is 0. The van der Waals surface area contributed by atoms with Gasteiger partial charge in [-0.3, -0.25) is 9.59 Å². The first-order chi connectivity index (χ1) is 6.02. The molecule has 0 radical (unpaired) electrons. The second kappa shape index (κ2) is 15.1. The Morgan fingerprint density at radius 1 is 1.19 bits per heavy atom. The van der Waals surface area contributed by atoms with E-state index in [1.807, 2.05) is 0 Å². The molecule has 0 aromatic rings. The van der Waals surface area contributed by atoms with Gasteiger partial charge in [0.1, 0.15) is 11.6 Å². The molecule has 1 aliphatic carbocycles. The Hall–Kier alpha value is 0.114. The van der Waals surface area contributed by atoms with E-state index < -0.39 is 0 Å². The molecule has 90 valence electrons. The van der Waals surface area contributed by atoms with Crippen LogP contribution in [0.2, 0.25) is 0 Å². The largest absolute Gasteiger partial charge is 2.00 e. The second-order valence-corrected chi connectivity index (χ2v) is 3.23. The molecule has 1 aliphatic rings. The SMILES string of the molecule is CC(=O)CC(C)=O.CC1=CC=CC1.[Cl-].[Cl-].[Ti+2]. The molecule has 0 atom stereocenters. The summed E-state index contributed by atoms with van der Waals surface area (Å²) in [5.74, 6) is -0.125. The summed E-state index contributed by atoms with van der Waals surface area (Å²) in [5.41, 5.74) is 1.47. The van der Waals surface area contributed by atoms with Gasteiger partial charge >= 0.3 is 21.7 Å². The summed E-state index contributed by atoms with van der Waals surface area (Å²) in [4.78, 5) is 20.1. The third-order valence-corrected chi connectivity index (χ3v) is 1.45. The van der Waals surface area contributed by atoms with Gasteiger partial charge in [-0.25, -0.2) is 0 Å². The molecule has 0 aromatic carbocycles. The quantitative estimate of drug-likeness (QED) is 0.391. The molecule has 16 heavy (non-hydrogen) atoms. The molecule has 0 saturated heterocycles. The van der Waals surface area contributed by atoms with Crippen molar-refractivity contribution in [1.82, 2.24) is 0 Å². The summed E-state index contributed by atoms with van der Waals surface area (Å²) in [5, 5.41) is 0. The third-order valence-electron chi connectivity index (χ3n) is 1.45. The van der Waals surface area contributed by atoms with Crippen molar-refractivity contribution in [3.63, 3.8) is 0 Å². The molecule has 0 aliphatic heterocycles. The smallest absolute Gasteiger partial charge is 1.00 e. The number of carbonyl (C=O) groups is 2. The number of halogens is 2. The van der Waals surface area contributed by atoms with Gasteiger partial charge in [-0.15, -0.1) is 0 Å². The predicted octanol–water partition coefficient (Wildman–Crippen LogP) is -3.55. The van der Waals surface area contributed by atoms with Gasteiger partial charge in [-0.05, 0) is 27.2 Å². The molecule has 0 heterocycles. The van der Waals surface area contributed by atoms with E-state index in [2.05, 4.69) is 25.2 Å².